The zero-order valence-corrected chi connectivity index (χ0v) is 13.5. The van der Waals surface area contributed by atoms with Crippen LogP contribution in [0.15, 0.2) is 10.6 Å². The van der Waals surface area contributed by atoms with Gasteiger partial charge in [-0.25, -0.2) is 0 Å². The number of aromatic nitrogens is 1. The van der Waals surface area contributed by atoms with Crippen LogP contribution in [-0.2, 0) is 10.2 Å². The molecule has 6 heteroatoms. The van der Waals surface area contributed by atoms with Crippen molar-refractivity contribution >= 4 is 11.7 Å². The maximum absolute atomic E-state index is 11.9. The molecular formula is C15H26N4O2. The molecule has 0 saturated carbocycles. The van der Waals surface area contributed by atoms with Crippen molar-refractivity contribution in [1.29, 1.82) is 0 Å². The van der Waals surface area contributed by atoms with Crippen LogP contribution in [0.25, 0.3) is 0 Å². The van der Waals surface area contributed by atoms with Gasteiger partial charge in [-0.2, -0.15) is 0 Å². The fourth-order valence-corrected chi connectivity index (χ4v) is 2.22. The Morgan fingerprint density at radius 3 is 2.57 bits per heavy atom. The largest absolute Gasteiger partial charge is 0.359 e. The van der Waals surface area contributed by atoms with Crippen LogP contribution in [0, 0.1) is 0 Å². The summed E-state index contributed by atoms with van der Waals surface area (Å²) in [5, 5.41) is 6.70. The molecule has 1 aliphatic heterocycles. The van der Waals surface area contributed by atoms with Crippen LogP contribution in [0.2, 0.25) is 0 Å². The summed E-state index contributed by atoms with van der Waals surface area (Å²) in [6, 6.07) is 1.80. The fourth-order valence-electron chi connectivity index (χ4n) is 2.22. The lowest BCUT2D eigenvalue weighted by Gasteiger charge is -2.32. The molecule has 1 fully saturated rings. The Bertz CT molecular complexity index is 470. The Labute approximate surface area is 126 Å². The molecule has 1 aromatic rings. The van der Waals surface area contributed by atoms with Crippen molar-refractivity contribution in [2.45, 2.75) is 32.6 Å². The van der Waals surface area contributed by atoms with Crippen LogP contribution in [0.5, 0.6) is 0 Å². The molecule has 1 aliphatic rings. The lowest BCUT2D eigenvalue weighted by atomic mass is 9.93. The predicted octanol–water partition coefficient (Wildman–Crippen LogP) is 1.55. The third-order valence-corrected chi connectivity index (χ3v) is 3.77. The molecular weight excluding hydrogens is 268 g/mol. The first-order chi connectivity index (χ1) is 9.84. The maximum Gasteiger partial charge on any atom is 0.226 e. The Hall–Kier alpha value is -1.40. The van der Waals surface area contributed by atoms with E-state index >= 15 is 0 Å². The van der Waals surface area contributed by atoms with E-state index in [-0.39, 0.29) is 11.3 Å². The summed E-state index contributed by atoms with van der Waals surface area (Å²) in [7, 11) is 2.13. The van der Waals surface area contributed by atoms with Gasteiger partial charge in [-0.3, -0.25) is 4.79 Å². The molecule has 0 aromatic carbocycles. The first-order valence-electron chi connectivity index (χ1n) is 7.52. The van der Waals surface area contributed by atoms with Crippen LogP contribution in [-0.4, -0.2) is 60.6 Å². The minimum absolute atomic E-state index is 0.0114. The van der Waals surface area contributed by atoms with Gasteiger partial charge >= 0.3 is 0 Å². The van der Waals surface area contributed by atoms with Gasteiger partial charge in [0.1, 0.15) is 5.76 Å². The van der Waals surface area contributed by atoms with Gasteiger partial charge in [0.15, 0.2) is 5.82 Å². The van der Waals surface area contributed by atoms with E-state index in [1.54, 1.807) is 6.07 Å². The Morgan fingerprint density at radius 2 is 2.00 bits per heavy atom. The lowest BCUT2D eigenvalue weighted by molar-refractivity contribution is -0.116. The molecule has 1 N–H and O–H groups in total. The van der Waals surface area contributed by atoms with E-state index in [4.69, 9.17) is 4.52 Å². The maximum atomic E-state index is 11.9. The molecule has 2 rings (SSSR count). The Balaban J connectivity index is 1.76. The number of carbonyl (C=O) groups excluding carboxylic acids is 1. The molecule has 1 aromatic heterocycles. The van der Waals surface area contributed by atoms with E-state index < -0.39 is 0 Å². The lowest BCUT2D eigenvalue weighted by Crippen LogP contribution is -2.45. The van der Waals surface area contributed by atoms with Crippen molar-refractivity contribution in [1.82, 2.24) is 15.0 Å². The average molecular weight is 294 g/mol. The number of nitrogens with zero attached hydrogens (tertiary/aromatic N) is 3. The van der Waals surface area contributed by atoms with Crippen LogP contribution in [0.1, 0.15) is 33.0 Å². The zero-order valence-electron chi connectivity index (χ0n) is 13.5. The van der Waals surface area contributed by atoms with Crippen molar-refractivity contribution in [3.05, 3.63) is 11.8 Å². The normalized spacial score (nSPS) is 17.9. The van der Waals surface area contributed by atoms with Crippen LogP contribution in [0.3, 0.4) is 0 Å². The predicted molar refractivity (Wildman–Crippen MR) is 82.4 cm³/mol. The van der Waals surface area contributed by atoms with E-state index in [1.807, 2.05) is 20.8 Å². The molecule has 21 heavy (non-hydrogen) atoms. The minimum Gasteiger partial charge on any atom is -0.359 e. The molecule has 118 valence electrons. The summed E-state index contributed by atoms with van der Waals surface area (Å²) in [6.45, 7) is 11.1. The number of anilines is 1. The van der Waals surface area contributed by atoms with E-state index in [0.717, 1.165) is 38.5 Å². The molecule has 2 heterocycles. The Kier molecular flexibility index (Phi) is 5.00. The van der Waals surface area contributed by atoms with E-state index in [1.165, 1.54) is 0 Å². The van der Waals surface area contributed by atoms with Gasteiger partial charge in [0, 0.05) is 50.6 Å². The third kappa shape index (κ3) is 4.82. The third-order valence-electron chi connectivity index (χ3n) is 3.77. The van der Waals surface area contributed by atoms with Crippen LogP contribution < -0.4 is 5.32 Å². The molecule has 0 aliphatic carbocycles. The highest BCUT2D eigenvalue weighted by molar-refractivity contribution is 5.89. The number of piperazine rings is 1. The van der Waals surface area contributed by atoms with Gasteiger partial charge in [0.2, 0.25) is 5.91 Å². The minimum atomic E-state index is -0.101. The van der Waals surface area contributed by atoms with Gasteiger partial charge in [0.25, 0.3) is 0 Å². The first-order valence-corrected chi connectivity index (χ1v) is 7.52. The van der Waals surface area contributed by atoms with Crippen molar-refractivity contribution < 1.29 is 9.32 Å². The SMILES string of the molecule is CN1CCN(CCC(=O)Nc2cc(C(C)(C)C)on2)CC1. The number of amides is 1. The molecule has 0 radical (unpaired) electrons. The average Bonchev–Trinajstić information content (AvgIpc) is 2.86. The van der Waals surface area contributed by atoms with Gasteiger partial charge in [-0.15, -0.1) is 0 Å². The van der Waals surface area contributed by atoms with Crippen molar-refractivity contribution in [2.24, 2.45) is 0 Å². The van der Waals surface area contributed by atoms with Crippen LogP contribution >= 0.6 is 0 Å². The number of nitrogens with one attached hydrogen (secondary N) is 1. The molecule has 0 unspecified atom stereocenters. The standard InChI is InChI=1S/C15H26N4O2/c1-15(2,3)12-11-13(17-21-12)16-14(20)5-6-19-9-7-18(4)8-10-19/h11H,5-10H2,1-4H3,(H,16,17,20). The van der Waals surface area contributed by atoms with E-state index in [0.29, 0.717) is 12.2 Å². The van der Waals surface area contributed by atoms with Gasteiger partial charge in [-0.05, 0) is 7.05 Å². The van der Waals surface area contributed by atoms with Crippen molar-refractivity contribution in [2.75, 3.05) is 45.1 Å². The summed E-state index contributed by atoms with van der Waals surface area (Å²) >= 11 is 0. The molecule has 0 bridgehead atoms. The monoisotopic (exact) mass is 294 g/mol. The second-order valence-electron chi connectivity index (χ2n) is 6.77. The molecule has 1 amide bonds. The van der Waals surface area contributed by atoms with Crippen LogP contribution in [0.4, 0.5) is 5.82 Å². The van der Waals surface area contributed by atoms with Gasteiger partial charge in [0.05, 0.1) is 0 Å². The summed E-state index contributed by atoms with van der Waals surface area (Å²) < 4.78 is 5.26. The highest BCUT2D eigenvalue weighted by atomic mass is 16.5. The second kappa shape index (κ2) is 6.58. The number of hydrogen-bond donors (Lipinski definition) is 1. The van der Waals surface area contributed by atoms with Crippen molar-refractivity contribution in [3.63, 3.8) is 0 Å². The summed E-state index contributed by atoms with van der Waals surface area (Å²) in [5.41, 5.74) is -0.101. The van der Waals surface area contributed by atoms with E-state index in [9.17, 15) is 4.79 Å². The second-order valence-corrected chi connectivity index (χ2v) is 6.77. The molecule has 1 saturated heterocycles. The molecule has 0 spiro atoms. The topological polar surface area (TPSA) is 61.6 Å². The fraction of sp³-hybridized carbons (Fsp3) is 0.733. The highest BCUT2D eigenvalue weighted by Gasteiger charge is 2.20. The summed E-state index contributed by atoms with van der Waals surface area (Å²) in [5.74, 6) is 1.27. The van der Waals surface area contributed by atoms with Gasteiger partial charge in [-0.1, -0.05) is 25.9 Å². The first kappa shape index (κ1) is 16.0. The van der Waals surface area contributed by atoms with Crippen molar-refractivity contribution in [3.8, 4) is 0 Å². The Morgan fingerprint density at radius 1 is 1.33 bits per heavy atom. The summed E-state index contributed by atoms with van der Waals surface area (Å²) in [4.78, 5) is 16.6. The molecule has 6 nitrogen and oxygen atoms in total. The molecule has 0 atom stereocenters. The smallest absolute Gasteiger partial charge is 0.226 e. The zero-order chi connectivity index (χ0) is 15.5. The number of hydrogen-bond acceptors (Lipinski definition) is 5. The number of carbonyl (C=O) groups is 1. The highest BCUT2D eigenvalue weighted by Crippen LogP contribution is 2.24. The summed E-state index contributed by atoms with van der Waals surface area (Å²) in [6.07, 6.45) is 0.488. The quantitative estimate of drug-likeness (QED) is 0.913. The van der Waals surface area contributed by atoms with Gasteiger partial charge < -0.3 is 19.6 Å². The number of likely N-dealkylation sites (N-methyl/N-ethyl adjacent to an activating group) is 1. The number of rotatable bonds is 4. The van der Waals surface area contributed by atoms with E-state index in [2.05, 4.69) is 27.3 Å².